The van der Waals surface area contributed by atoms with Crippen molar-refractivity contribution in [1.29, 1.82) is 5.26 Å². The Balaban J connectivity index is 1.91. The van der Waals surface area contributed by atoms with Gasteiger partial charge in [-0.15, -0.1) is 0 Å². The highest BCUT2D eigenvalue weighted by atomic mass is 19.1. The van der Waals surface area contributed by atoms with Crippen molar-refractivity contribution >= 4 is 11.2 Å². The normalized spacial score (nSPS) is 11.0. The van der Waals surface area contributed by atoms with Crippen LogP contribution in [0.4, 0.5) is 4.39 Å². The molecule has 33 heavy (non-hydrogen) atoms. The van der Waals surface area contributed by atoms with Crippen molar-refractivity contribution in [3.05, 3.63) is 86.3 Å². The minimum atomic E-state index is -0.564. The molecule has 2 aromatic carbocycles. The van der Waals surface area contributed by atoms with Crippen LogP contribution in [0, 0.1) is 17.1 Å². The highest BCUT2D eigenvalue weighted by Crippen LogP contribution is 2.25. The zero-order chi connectivity index (χ0) is 23.5. The lowest BCUT2D eigenvalue weighted by atomic mass is 10.2. The van der Waals surface area contributed by atoms with Crippen LogP contribution >= 0.6 is 0 Å². The van der Waals surface area contributed by atoms with Crippen LogP contribution in [0.5, 0.6) is 11.8 Å². The van der Waals surface area contributed by atoms with Gasteiger partial charge in [-0.05, 0) is 48.4 Å². The Morgan fingerprint density at radius 2 is 1.79 bits per heavy atom. The first-order chi connectivity index (χ1) is 15.9. The number of nitrogens with zero attached hydrogens (tertiary/aromatic N) is 5. The second-order valence-corrected chi connectivity index (χ2v) is 7.39. The van der Waals surface area contributed by atoms with Crippen molar-refractivity contribution in [2.24, 2.45) is 7.05 Å². The lowest BCUT2D eigenvalue weighted by molar-refractivity contribution is 0.277. The Hall–Kier alpha value is -4.23. The summed E-state index contributed by atoms with van der Waals surface area (Å²) in [7, 11) is 1.50. The summed E-state index contributed by atoms with van der Waals surface area (Å²) in [6.45, 7) is 0.0108. The summed E-state index contributed by atoms with van der Waals surface area (Å²) in [5, 5.41) is 18.2. The van der Waals surface area contributed by atoms with Crippen LogP contribution in [-0.2, 0) is 20.1 Å². The maximum Gasteiger partial charge on any atom is 0.332 e. The molecule has 0 bridgehead atoms. The smallest absolute Gasteiger partial charge is 0.332 e. The molecule has 0 aliphatic rings. The number of aromatic nitrogens is 4. The first kappa shape index (κ1) is 22.0. The van der Waals surface area contributed by atoms with Gasteiger partial charge in [0, 0.05) is 20.2 Å². The summed E-state index contributed by atoms with van der Waals surface area (Å²) in [5.41, 5.74) is 0.300. The Morgan fingerprint density at radius 1 is 1.09 bits per heavy atom. The molecule has 4 aromatic rings. The SMILES string of the molecule is Cn1c(=O)n(CCCO)c(=O)c2c1nc(Oc1ccc(C#N)cc1)n2Cc1ccc(F)cc1. The molecule has 0 amide bonds. The van der Waals surface area contributed by atoms with Crippen molar-refractivity contribution in [2.75, 3.05) is 6.61 Å². The molecule has 0 spiro atoms. The van der Waals surface area contributed by atoms with Gasteiger partial charge in [-0.1, -0.05) is 12.1 Å². The molecular weight excluding hydrogens is 429 g/mol. The third-order valence-corrected chi connectivity index (χ3v) is 5.18. The van der Waals surface area contributed by atoms with Gasteiger partial charge in [-0.2, -0.15) is 10.2 Å². The lowest BCUT2D eigenvalue weighted by Crippen LogP contribution is -2.39. The van der Waals surface area contributed by atoms with E-state index in [1.165, 1.54) is 28.3 Å². The van der Waals surface area contributed by atoms with Gasteiger partial charge in [-0.3, -0.25) is 18.5 Å². The quantitative estimate of drug-likeness (QED) is 0.462. The Kier molecular flexibility index (Phi) is 6.06. The van der Waals surface area contributed by atoms with Crippen LogP contribution in [0.2, 0.25) is 0 Å². The molecule has 0 aliphatic heterocycles. The van der Waals surface area contributed by atoms with Crippen LogP contribution < -0.4 is 16.0 Å². The molecule has 0 saturated carbocycles. The van der Waals surface area contributed by atoms with E-state index in [9.17, 15) is 14.0 Å². The number of benzene rings is 2. The number of ether oxygens (including phenoxy) is 1. The van der Waals surface area contributed by atoms with Gasteiger partial charge in [0.15, 0.2) is 11.2 Å². The van der Waals surface area contributed by atoms with E-state index in [2.05, 4.69) is 4.98 Å². The van der Waals surface area contributed by atoms with Gasteiger partial charge in [0.25, 0.3) is 5.56 Å². The maximum absolute atomic E-state index is 13.4. The largest absolute Gasteiger partial charge is 0.425 e. The third-order valence-electron chi connectivity index (χ3n) is 5.18. The number of imidazole rings is 1. The molecule has 1 N–H and O–H groups in total. The van der Waals surface area contributed by atoms with Crippen molar-refractivity contribution in [1.82, 2.24) is 18.7 Å². The van der Waals surface area contributed by atoms with Gasteiger partial charge in [0.05, 0.1) is 18.2 Å². The summed E-state index contributed by atoms with van der Waals surface area (Å²) in [4.78, 5) is 30.4. The number of fused-ring (bicyclic) bond motifs is 1. The van der Waals surface area contributed by atoms with Crippen molar-refractivity contribution in [3.8, 4) is 17.8 Å². The van der Waals surface area contributed by atoms with Gasteiger partial charge < -0.3 is 9.84 Å². The number of aliphatic hydroxyl groups excluding tert-OH is 1. The zero-order valence-corrected chi connectivity index (χ0v) is 17.7. The number of nitriles is 1. The van der Waals surface area contributed by atoms with E-state index in [4.69, 9.17) is 15.1 Å². The predicted molar refractivity (Wildman–Crippen MR) is 118 cm³/mol. The van der Waals surface area contributed by atoms with E-state index in [1.807, 2.05) is 6.07 Å². The first-order valence-corrected chi connectivity index (χ1v) is 10.2. The average molecular weight is 449 g/mol. The van der Waals surface area contributed by atoms with E-state index >= 15 is 0 Å². The molecule has 0 unspecified atom stereocenters. The summed E-state index contributed by atoms with van der Waals surface area (Å²) in [6.07, 6.45) is 0.237. The molecule has 168 valence electrons. The second kappa shape index (κ2) is 9.10. The Labute approximate surface area is 187 Å². The number of hydrogen-bond acceptors (Lipinski definition) is 6. The maximum atomic E-state index is 13.4. The monoisotopic (exact) mass is 449 g/mol. The second-order valence-electron chi connectivity index (χ2n) is 7.39. The fourth-order valence-corrected chi connectivity index (χ4v) is 3.48. The fraction of sp³-hybridized carbons (Fsp3) is 0.217. The topological polar surface area (TPSA) is 115 Å². The summed E-state index contributed by atoms with van der Waals surface area (Å²) >= 11 is 0. The molecule has 0 aliphatic carbocycles. The predicted octanol–water partition coefficient (Wildman–Crippen LogP) is 2.13. The van der Waals surface area contributed by atoms with E-state index in [0.29, 0.717) is 16.9 Å². The standard InChI is InChI=1S/C23H20FN5O4/c1-27-20-19(21(31)28(23(27)32)11-2-12-30)29(14-16-3-7-17(24)8-4-16)22(26-20)33-18-9-5-15(13-25)6-10-18/h3-10,30H,2,11-12,14H2,1H3. The molecule has 0 fully saturated rings. The van der Waals surface area contributed by atoms with Gasteiger partial charge in [0.1, 0.15) is 11.6 Å². The number of aryl methyl sites for hydroxylation is 1. The van der Waals surface area contributed by atoms with Crippen molar-refractivity contribution in [3.63, 3.8) is 0 Å². The minimum absolute atomic E-state index is 0.0471. The summed E-state index contributed by atoms with van der Waals surface area (Å²) in [6, 6.07) is 14.2. The molecule has 4 rings (SSSR count). The van der Waals surface area contributed by atoms with Gasteiger partial charge >= 0.3 is 11.7 Å². The molecular formula is C23H20FN5O4. The Morgan fingerprint density at radius 3 is 2.42 bits per heavy atom. The van der Waals surface area contributed by atoms with Crippen LogP contribution in [0.1, 0.15) is 17.5 Å². The number of rotatable bonds is 7. The summed E-state index contributed by atoms with van der Waals surface area (Å²) < 4.78 is 23.2. The molecule has 2 aromatic heterocycles. The summed E-state index contributed by atoms with van der Waals surface area (Å²) in [5.74, 6) is -0.00711. The van der Waals surface area contributed by atoms with E-state index < -0.39 is 17.1 Å². The highest BCUT2D eigenvalue weighted by molar-refractivity contribution is 5.72. The highest BCUT2D eigenvalue weighted by Gasteiger charge is 2.22. The van der Waals surface area contributed by atoms with Crippen molar-refractivity contribution < 1.29 is 14.2 Å². The van der Waals surface area contributed by atoms with Crippen LogP contribution in [-0.4, -0.2) is 30.4 Å². The van der Waals surface area contributed by atoms with Crippen LogP contribution in [0.25, 0.3) is 11.2 Å². The number of halogens is 1. The Bertz CT molecular complexity index is 1460. The van der Waals surface area contributed by atoms with Crippen LogP contribution in [0.15, 0.2) is 58.1 Å². The number of hydrogen-bond donors (Lipinski definition) is 1. The van der Waals surface area contributed by atoms with Gasteiger partial charge in [0.2, 0.25) is 0 Å². The average Bonchev–Trinajstić information content (AvgIpc) is 3.17. The lowest BCUT2D eigenvalue weighted by Gasteiger charge is -2.11. The van der Waals surface area contributed by atoms with E-state index in [1.54, 1.807) is 36.4 Å². The molecule has 0 atom stereocenters. The molecule has 9 nitrogen and oxygen atoms in total. The molecule has 10 heteroatoms. The zero-order valence-electron chi connectivity index (χ0n) is 17.7. The van der Waals surface area contributed by atoms with E-state index in [-0.39, 0.29) is 43.3 Å². The minimum Gasteiger partial charge on any atom is -0.425 e. The molecule has 0 saturated heterocycles. The number of aliphatic hydroxyl groups is 1. The molecule has 2 heterocycles. The fourth-order valence-electron chi connectivity index (χ4n) is 3.48. The van der Waals surface area contributed by atoms with E-state index in [0.717, 1.165) is 4.57 Å². The van der Waals surface area contributed by atoms with Gasteiger partial charge in [-0.25, -0.2) is 9.18 Å². The molecule has 0 radical (unpaired) electrons. The first-order valence-electron chi connectivity index (χ1n) is 10.2. The third kappa shape index (κ3) is 4.26. The van der Waals surface area contributed by atoms with Crippen LogP contribution in [0.3, 0.4) is 0 Å². The van der Waals surface area contributed by atoms with Crippen molar-refractivity contribution in [2.45, 2.75) is 19.5 Å².